The van der Waals surface area contributed by atoms with Crippen molar-refractivity contribution in [1.29, 1.82) is 0 Å². The number of alkyl halides is 4. The summed E-state index contributed by atoms with van der Waals surface area (Å²) in [6, 6.07) is 2.46. The van der Waals surface area contributed by atoms with Gasteiger partial charge in [-0.15, -0.1) is 0 Å². The van der Waals surface area contributed by atoms with E-state index < -0.39 is 36.2 Å². The summed E-state index contributed by atoms with van der Waals surface area (Å²) in [6.45, 7) is 0. The number of ether oxygens (including phenoxy) is 1. The summed E-state index contributed by atoms with van der Waals surface area (Å²) in [6.07, 6.45) is -1.05. The molecule has 7 rings (SSSR count). The summed E-state index contributed by atoms with van der Waals surface area (Å²) >= 11 is 0. The van der Waals surface area contributed by atoms with Crippen LogP contribution in [0.15, 0.2) is 24.5 Å². The number of amides is 1. The van der Waals surface area contributed by atoms with Crippen molar-refractivity contribution in [1.82, 2.24) is 30.1 Å². The van der Waals surface area contributed by atoms with Crippen molar-refractivity contribution in [3.63, 3.8) is 0 Å². The summed E-state index contributed by atoms with van der Waals surface area (Å²) in [5, 5.41) is 16.1. The van der Waals surface area contributed by atoms with Gasteiger partial charge in [0.2, 0.25) is 0 Å². The summed E-state index contributed by atoms with van der Waals surface area (Å²) in [5.74, 6) is 0.545. The largest absolute Gasteiger partial charge is 0.443 e. The van der Waals surface area contributed by atoms with Crippen LogP contribution in [0.5, 0.6) is 0 Å². The summed E-state index contributed by atoms with van der Waals surface area (Å²) in [5.41, 5.74) is -0.561. The normalized spacial score (nSPS) is 30.0. The van der Waals surface area contributed by atoms with Gasteiger partial charge in [0.05, 0.1) is 0 Å². The molecule has 4 fully saturated rings. The third-order valence-corrected chi connectivity index (χ3v) is 7.09. The molecule has 1 amide bonds. The molecular weight excluding hydrogens is 458 g/mol. The summed E-state index contributed by atoms with van der Waals surface area (Å²) in [4.78, 5) is 16.3. The molecule has 3 aromatic heterocycles. The molecule has 0 aliphatic heterocycles. The number of carbonyl (C=O) groups is 1. The molecule has 180 valence electrons. The molecule has 4 aliphatic rings. The van der Waals surface area contributed by atoms with Gasteiger partial charge in [-0.05, 0) is 38.0 Å². The number of fused-ring (bicyclic) bond motifs is 1. The van der Waals surface area contributed by atoms with Crippen LogP contribution in [0.3, 0.4) is 0 Å². The van der Waals surface area contributed by atoms with Crippen LogP contribution in [0.2, 0.25) is 0 Å². The molecule has 0 radical (unpaired) electrons. The smallest absolute Gasteiger partial charge is 0.435 e. The highest BCUT2D eigenvalue weighted by Crippen LogP contribution is 2.57. The number of carbonyl (C=O) groups excluding carboxylic acids is 1. The lowest BCUT2D eigenvalue weighted by molar-refractivity contribution is -0.141. The standard InChI is InChI=1S/C21H21F4N7O2/c22-17-11(1-2-14(17)34-19(33)28-20-7-10(8-20)9-20)12-5-16(30-29-12)27-18-13-6-15(21(23,24)25)31-32(13)4-3-26-18/h3-6,10-11,14,17H,1-2,7-9H2,(H,28,33)(H2,26,27,29,30). The number of hydrogen-bond acceptors (Lipinski definition) is 6. The van der Waals surface area contributed by atoms with Crippen molar-refractivity contribution in [2.45, 2.75) is 62.0 Å². The Kier molecular flexibility index (Phi) is 4.55. The number of rotatable bonds is 5. The highest BCUT2D eigenvalue weighted by atomic mass is 19.4. The summed E-state index contributed by atoms with van der Waals surface area (Å²) in [7, 11) is 0. The predicted octanol–water partition coefficient (Wildman–Crippen LogP) is 4.08. The number of anilines is 2. The fourth-order valence-electron chi connectivity index (χ4n) is 5.26. The molecule has 0 saturated heterocycles. The second kappa shape index (κ2) is 7.31. The number of aromatic nitrogens is 5. The van der Waals surface area contributed by atoms with Crippen molar-refractivity contribution in [2.75, 3.05) is 5.32 Å². The van der Waals surface area contributed by atoms with Crippen LogP contribution in [0, 0.1) is 5.92 Å². The molecule has 0 aromatic carbocycles. The number of nitrogens with one attached hydrogen (secondary N) is 3. The second-order valence-electron chi connectivity index (χ2n) is 9.42. The first kappa shape index (κ1) is 21.2. The van der Waals surface area contributed by atoms with Gasteiger partial charge in [0.15, 0.2) is 17.3 Å². The van der Waals surface area contributed by atoms with Crippen LogP contribution in [0.25, 0.3) is 5.52 Å². The van der Waals surface area contributed by atoms with Crippen molar-refractivity contribution in [2.24, 2.45) is 5.92 Å². The van der Waals surface area contributed by atoms with Crippen molar-refractivity contribution in [3.05, 3.63) is 35.9 Å². The first-order valence-electron chi connectivity index (χ1n) is 11.1. The van der Waals surface area contributed by atoms with Crippen LogP contribution >= 0.6 is 0 Å². The molecule has 3 N–H and O–H groups in total. The molecule has 4 aliphatic carbocycles. The van der Waals surface area contributed by atoms with E-state index in [4.69, 9.17) is 4.74 Å². The Balaban J connectivity index is 1.12. The maximum Gasteiger partial charge on any atom is 0.435 e. The van der Waals surface area contributed by atoms with Gasteiger partial charge >= 0.3 is 12.3 Å². The van der Waals surface area contributed by atoms with Crippen molar-refractivity contribution >= 4 is 23.2 Å². The summed E-state index contributed by atoms with van der Waals surface area (Å²) < 4.78 is 60.5. The highest BCUT2D eigenvalue weighted by molar-refractivity contribution is 5.72. The Hall–Kier alpha value is -3.38. The van der Waals surface area contributed by atoms with Gasteiger partial charge in [0.25, 0.3) is 0 Å². The fraction of sp³-hybridized carbons (Fsp3) is 0.524. The first-order chi connectivity index (χ1) is 16.2. The number of nitrogens with zero attached hydrogens (tertiary/aromatic N) is 4. The molecule has 4 saturated carbocycles. The predicted molar refractivity (Wildman–Crippen MR) is 110 cm³/mol. The number of hydrogen-bond donors (Lipinski definition) is 3. The molecular formula is C21H21F4N7O2. The average Bonchev–Trinajstić information content (AvgIpc) is 3.43. The lowest BCUT2D eigenvalue weighted by Gasteiger charge is -2.61. The number of halogens is 4. The molecule has 3 unspecified atom stereocenters. The minimum Gasteiger partial charge on any atom is -0.443 e. The van der Waals surface area contributed by atoms with E-state index in [0.717, 1.165) is 29.8 Å². The van der Waals surface area contributed by atoms with E-state index in [-0.39, 0.29) is 22.7 Å². The second-order valence-corrected chi connectivity index (χ2v) is 9.42. The van der Waals surface area contributed by atoms with Crippen LogP contribution < -0.4 is 10.6 Å². The van der Waals surface area contributed by atoms with Gasteiger partial charge in [-0.2, -0.15) is 23.4 Å². The Labute approximate surface area is 190 Å². The van der Waals surface area contributed by atoms with Crippen LogP contribution in [-0.4, -0.2) is 48.7 Å². The van der Waals surface area contributed by atoms with E-state index in [0.29, 0.717) is 24.5 Å². The maximum atomic E-state index is 15.1. The van der Waals surface area contributed by atoms with E-state index in [1.54, 1.807) is 6.07 Å². The molecule has 3 aromatic rings. The first-order valence-corrected chi connectivity index (χ1v) is 11.1. The van der Waals surface area contributed by atoms with E-state index in [1.165, 1.54) is 12.4 Å². The number of aromatic amines is 1. The van der Waals surface area contributed by atoms with Gasteiger partial charge in [0.1, 0.15) is 17.8 Å². The zero-order valence-corrected chi connectivity index (χ0v) is 17.8. The molecule has 2 bridgehead atoms. The zero-order chi connectivity index (χ0) is 23.7. The highest BCUT2D eigenvalue weighted by Gasteiger charge is 2.58. The Morgan fingerprint density at radius 3 is 2.74 bits per heavy atom. The minimum atomic E-state index is -4.59. The molecule has 34 heavy (non-hydrogen) atoms. The molecule has 9 nitrogen and oxygen atoms in total. The molecule has 3 atom stereocenters. The zero-order valence-electron chi connectivity index (χ0n) is 17.8. The molecule has 0 spiro atoms. The van der Waals surface area contributed by atoms with Gasteiger partial charge in [-0.25, -0.2) is 18.7 Å². The Morgan fingerprint density at radius 2 is 2.03 bits per heavy atom. The lowest BCUT2D eigenvalue weighted by Crippen LogP contribution is -2.68. The number of H-pyrrole nitrogens is 1. The van der Waals surface area contributed by atoms with E-state index in [1.807, 2.05) is 0 Å². The van der Waals surface area contributed by atoms with Crippen molar-refractivity contribution in [3.8, 4) is 0 Å². The van der Waals surface area contributed by atoms with Crippen LogP contribution in [0.1, 0.15) is 49.4 Å². The Morgan fingerprint density at radius 1 is 1.24 bits per heavy atom. The average molecular weight is 479 g/mol. The third kappa shape index (κ3) is 3.53. The van der Waals surface area contributed by atoms with Crippen LogP contribution in [-0.2, 0) is 10.9 Å². The maximum absolute atomic E-state index is 15.1. The van der Waals surface area contributed by atoms with Gasteiger partial charge in [-0.3, -0.25) is 5.10 Å². The van der Waals surface area contributed by atoms with Gasteiger partial charge in [-0.1, -0.05) is 0 Å². The monoisotopic (exact) mass is 479 g/mol. The fourth-order valence-corrected chi connectivity index (χ4v) is 5.26. The molecule has 13 heteroatoms. The topological polar surface area (TPSA) is 109 Å². The van der Waals surface area contributed by atoms with E-state index >= 15 is 4.39 Å². The lowest BCUT2D eigenvalue weighted by atomic mass is 9.50. The third-order valence-electron chi connectivity index (χ3n) is 7.09. The van der Waals surface area contributed by atoms with E-state index in [2.05, 4.69) is 30.9 Å². The SMILES string of the molecule is O=C(NC12CC(C1)C2)OC1CCC(c2cc(Nc3nccn4nc(C(F)(F)F)cc34)n[nH]2)C1F. The van der Waals surface area contributed by atoms with Crippen LogP contribution in [0.4, 0.5) is 34.0 Å². The molecule has 3 heterocycles. The number of alkyl carbamates (subject to hydrolysis) is 1. The van der Waals surface area contributed by atoms with Gasteiger partial charge < -0.3 is 15.4 Å². The quantitative estimate of drug-likeness (QED) is 0.476. The minimum absolute atomic E-state index is 0.117. The van der Waals surface area contributed by atoms with Gasteiger partial charge in [0, 0.05) is 41.7 Å². The van der Waals surface area contributed by atoms with E-state index in [9.17, 15) is 18.0 Å². The Bertz CT molecular complexity index is 1240. The van der Waals surface area contributed by atoms with Crippen molar-refractivity contribution < 1.29 is 27.1 Å².